The molecule has 0 aliphatic heterocycles. The molecule has 1 heterocycles. The van der Waals surface area contributed by atoms with Gasteiger partial charge in [-0.25, -0.2) is 9.78 Å². The summed E-state index contributed by atoms with van der Waals surface area (Å²) in [4.78, 5) is 18.2. The Balaban J connectivity index is 1.82. The highest BCUT2D eigenvalue weighted by atomic mass is 32.1. The number of hydrogen-bond donors (Lipinski definition) is 1. The second kappa shape index (κ2) is 7.41. The Morgan fingerprint density at radius 3 is 2.86 bits per heavy atom. The zero-order valence-electron chi connectivity index (χ0n) is 12.9. The number of para-hydroxylation sites is 1. The van der Waals surface area contributed by atoms with Crippen LogP contribution in [0.1, 0.15) is 31.7 Å². The molecule has 1 aromatic heterocycles. The molecule has 21 heavy (non-hydrogen) atoms. The quantitative estimate of drug-likeness (QED) is 0.823. The van der Waals surface area contributed by atoms with Crippen molar-refractivity contribution in [3.8, 4) is 0 Å². The summed E-state index contributed by atoms with van der Waals surface area (Å²) in [5, 5.41) is 3.92. The van der Waals surface area contributed by atoms with E-state index in [1.54, 1.807) is 16.2 Å². The monoisotopic (exact) mass is 305 g/mol. The van der Waals surface area contributed by atoms with E-state index in [0.717, 1.165) is 29.9 Å². The lowest BCUT2D eigenvalue weighted by Gasteiger charge is -2.16. The SMILES string of the molecule is CC(C)CCCNC(=O)N(C)Cc1nc2ccccc2s1. The maximum atomic E-state index is 12.0. The molecule has 0 radical (unpaired) electrons. The molecule has 1 N–H and O–H groups in total. The van der Waals surface area contributed by atoms with Crippen molar-refractivity contribution >= 4 is 27.6 Å². The van der Waals surface area contributed by atoms with Gasteiger partial charge in [-0.05, 0) is 30.9 Å². The largest absolute Gasteiger partial charge is 0.338 e. The first-order valence-corrected chi connectivity index (χ1v) is 8.21. The van der Waals surface area contributed by atoms with Crippen LogP contribution >= 0.6 is 11.3 Å². The van der Waals surface area contributed by atoms with Crippen LogP contribution in [0.4, 0.5) is 4.79 Å². The fourth-order valence-electron chi connectivity index (χ4n) is 2.10. The van der Waals surface area contributed by atoms with Gasteiger partial charge in [-0.3, -0.25) is 0 Å². The predicted octanol–water partition coefficient (Wildman–Crippen LogP) is 3.87. The van der Waals surface area contributed by atoms with E-state index in [2.05, 4.69) is 30.2 Å². The summed E-state index contributed by atoms with van der Waals surface area (Å²) < 4.78 is 1.17. The number of amides is 2. The molecular formula is C16H23N3OS. The molecule has 0 bridgehead atoms. The van der Waals surface area contributed by atoms with Crippen LogP contribution in [0.25, 0.3) is 10.2 Å². The summed E-state index contributed by atoms with van der Waals surface area (Å²) in [7, 11) is 1.81. The highest BCUT2D eigenvalue weighted by molar-refractivity contribution is 7.18. The average molecular weight is 305 g/mol. The minimum atomic E-state index is -0.0296. The van der Waals surface area contributed by atoms with E-state index in [1.807, 2.05) is 25.2 Å². The number of aromatic nitrogens is 1. The fraction of sp³-hybridized carbons (Fsp3) is 0.500. The van der Waals surface area contributed by atoms with Gasteiger partial charge in [0.15, 0.2) is 0 Å². The molecule has 114 valence electrons. The molecule has 0 atom stereocenters. The molecule has 1 aromatic carbocycles. The van der Waals surface area contributed by atoms with Crippen molar-refractivity contribution in [3.05, 3.63) is 29.3 Å². The van der Waals surface area contributed by atoms with Crippen molar-refractivity contribution in [1.29, 1.82) is 0 Å². The number of carbonyl (C=O) groups is 1. The van der Waals surface area contributed by atoms with Gasteiger partial charge >= 0.3 is 6.03 Å². The number of fused-ring (bicyclic) bond motifs is 1. The van der Waals surface area contributed by atoms with E-state index in [-0.39, 0.29) is 6.03 Å². The van der Waals surface area contributed by atoms with Gasteiger partial charge in [0.25, 0.3) is 0 Å². The van der Waals surface area contributed by atoms with Crippen LogP contribution in [0, 0.1) is 5.92 Å². The van der Waals surface area contributed by atoms with Gasteiger partial charge in [-0.15, -0.1) is 11.3 Å². The normalized spacial score (nSPS) is 11.0. The third-order valence-corrected chi connectivity index (χ3v) is 4.31. The Bertz CT molecular complexity index is 561. The Morgan fingerprint density at radius 1 is 1.38 bits per heavy atom. The Morgan fingerprint density at radius 2 is 2.14 bits per heavy atom. The van der Waals surface area contributed by atoms with E-state index in [4.69, 9.17) is 0 Å². The fourth-order valence-corrected chi connectivity index (χ4v) is 3.12. The molecule has 5 heteroatoms. The second-order valence-corrected chi connectivity index (χ2v) is 6.81. The number of nitrogens with zero attached hydrogens (tertiary/aromatic N) is 2. The van der Waals surface area contributed by atoms with Gasteiger partial charge in [0, 0.05) is 13.6 Å². The predicted molar refractivity (Wildman–Crippen MR) is 88.6 cm³/mol. The van der Waals surface area contributed by atoms with Crippen molar-refractivity contribution < 1.29 is 4.79 Å². The van der Waals surface area contributed by atoms with Crippen LogP contribution in [-0.4, -0.2) is 29.5 Å². The Labute approximate surface area is 130 Å². The average Bonchev–Trinajstić information content (AvgIpc) is 2.85. The first-order valence-electron chi connectivity index (χ1n) is 7.39. The second-order valence-electron chi connectivity index (χ2n) is 5.70. The summed E-state index contributed by atoms with van der Waals surface area (Å²) in [6.07, 6.45) is 2.17. The molecule has 2 amide bonds. The van der Waals surface area contributed by atoms with E-state index < -0.39 is 0 Å². The van der Waals surface area contributed by atoms with Crippen molar-refractivity contribution in [2.45, 2.75) is 33.2 Å². The van der Waals surface area contributed by atoms with Crippen LogP contribution in [-0.2, 0) is 6.54 Å². The van der Waals surface area contributed by atoms with E-state index in [0.29, 0.717) is 12.5 Å². The number of thiazole rings is 1. The molecule has 0 unspecified atom stereocenters. The number of rotatable bonds is 6. The minimum Gasteiger partial charge on any atom is -0.338 e. The van der Waals surface area contributed by atoms with E-state index >= 15 is 0 Å². The molecular weight excluding hydrogens is 282 g/mol. The molecule has 0 spiro atoms. The first kappa shape index (κ1) is 15.8. The zero-order chi connectivity index (χ0) is 15.2. The Kier molecular flexibility index (Phi) is 5.56. The smallest absolute Gasteiger partial charge is 0.317 e. The number of hydrogen-bond acceptors (Lipinski definition) is 3. The van der Waals surface area contributed by atoms with Crippen molar-refractivity contribution in [3.63, 3.8) is 0 Å². The molecule has 0 aliphatic rings. The van der Waals surface area contributed by atoms with Gasteiger partial charge in [-0.2, -0.15) is 0 Å². The van der Waals surface area contributed by atoms with Crippen LogP contribution in [0.15, 0.2) is 24.3 Å². The van der Waals surface area contributed by atoms with Crippen LogP contribution in [0.3, 0.4) is 0 Å². The molecule has 0 saturated carbocycles. The molecule has 2 aromatic rings. The van der Waals surface area contributed by atoms with Crippen LogP contribution in [0.2, 0.25) is 0 Å². The maximum Gasteiger partial charge on any atom is 0.317 e. The van der Waals surface area contributed by atoms with Gasteiger partial charge < -0.3 is 10.2 Å². The summed E-state index contributed by atoms with van der Waals surface area (Å²) in [6, 6.07) is 8.02. The van der Waals surface area contributed by atoms with Crippen molar-refractivity contribution in [1.82, 2.24) is 15.2 Å². The summed E-state index contributed by atoms with van der Waals surface area (Å²) in [5.41, 5.74) is 1.00. The number of benzene rings is 1. The number of carbonyl (C=O) groups excluding carboxylic acids is 1. The van der Waals surface area contributed by atoms with Crippen molar-refractivity contribution in [2.75, 3.05) is 13.6 Å². The summed E-state index contributed by atoms with van der Waals surface area (Å²) in [6.45, 7) is 5.68. The van der Waals surface area contributed by atoms with Gasteiger partial charge in [0.2, 0.25) is 0 Å². The zero-order valence-corrected chi connectivity index (χ0v) is 13.7. The minimum absolute atomic E-state index is 0.0296. The lowest BCUT2D eigenvalue weighted by molar-refractivity contribution is 0.206. The molecule has 4 nitrogen and oxygen atoms in total. The summed E-state index contributed by atoms with van der Waals surface area (Å²) >= 11 is 1.64. The van der Waals surface area contributed by atoms with E-state index in [9.17, 15) is 4.79 Å². The molecule has 0 saturated heterocycles. The van der Waals surface area contributed by atoms with Gasteiger partial charge in [0.05, 0.1) is 16.8 Å². The highest BCUT2D eigenvalue weighted by Crippen LogP contribution is 2.22. The van der Waals surface area contributed by atoms with Crippen molar-refractivity contribution in [2.24, 2.45) is 5.92 Å². The molecule has 0 aliphatic carbocycles. The van der Waals surface area contributed by atoms with Gasteiger partial charge in [-0.1, -0.05) is 26.0 Å². The third kappa shape index (κ3) is 4.70. The lowest BCUT2D eigenvalue weighted by atomic mass is 10.1. The Hall–Kier alpha value is -1.62. The number of urea groups is 1. The highest BCUT2D eigenvalue weighted by Gasteiger charge is 2.11. The van der Waals surface area contributed by atoms with Gasteiger partial charge in [0.1, 0.15) is 5.01 Å². The molecule has 2 rings (SSSR count). The van der Waals surface area contributed by atoms with E-state index in [1.165, 1.54) is 4.70 Å². The van der Waals surface area contributed by atoms with Crippen LogP contribution in [0.5, 0.6) is 0 Å². The number of nitrogens with one attached hydrogen (secondary N) is 1. The lowest BCUT2D eigenvalue weighted by Crippen LogP contribution is -2.37. The molecule has 0 fully saturated rings. The standard InChI is InChI=1S/C16H23N3OS/c1-12(2)7-6-10-17-16(20)19(3)11-15-18-13-8-4-5-9-14(13)21-15/h4-5,8-9,12H,6-7,10-11H2,1-3H3,(H,17,20). The maximum absolute atomic E-state index is 12.0. The first-order chi connectivity index (χ1) is 10.1. The van der Waals surface area contributed by atoms with Crippen LogP contribution < -0.4 is 5.32 Å². The topological polar surface area (TPSA) is 45.2 Å². The third-order valence-electron chi connectivity index (χ3n) is 3.29. The summed E-state index contributed by atoms with van der Waals surface area (Å²) in [5.74, 6) is 0.683.